The minimum Gasteiger partial charge on any atom is -0.394 e. The zero-order valence-corrected chi connectivity index (χ0v) is 18.8. The van der Waals surface area contributed by atoms with Crippen LogP contribution < -0.4 is 16.0 Å². The van der Waals surface area contributed by atoms with Crippen LogP contribution in [0.15, 0.2) is 0 Å². The van der Waals surface area contributed by atoms with Gasteiger partial charge in [-0.25, -0.2) is 0 Å². The second-order valence-corrected chi connectivity index (χ2v) is 7.28. The van der Waals surface area contributed by atoms with Crippen molar-refractivity contribution in [3.05, 3.63) is 27.8 Å². The van der Waals surface area contributed by atoms with Crippen LogP contribution in [0.4, 0.5) is 5.69 Å². The summed E-state index contributed by atoms with van der Waals surface area (Å²) in [6, 6.07) is 0. The predicted octanol–water partition coefficient (Wildman–Crippen LogP) is -1.38. The van der Waals surface area contributed by atoms with E-state index in [1.54, 1.807) is 20.8 Å². The molecule has 32 heavy (non-hydrogen) atoms. The topological polar surface area (TPSA) is 177 Å². The molecule has 0 saturated heterocycles. The summed E-state index contributed by atoms with van der Waals surface area (Å²) in [5, 5.41) is 44.8. The molecule has 0 radical (unpaired) electrons. The summed E-state index contributed by atoms with van der Waals surface area (Å²) in [7, 11) is 1.36. The number of rotatable bonds is 12. The fraction of sp³-hybridized carbons (Fsp3) is 0.571. The van der Waals surface area contributed by atoms with Crippen molar-refractivity contribution in [1.29, 1.82) is 0 Å². The number of hydrogen-bond donors (Lipinski definition) is 7. The first-order valence-electron chi connectivity index (χ1n) is 10.2. The highest BCUT2D eigenvalue weighted by molar-refractivity contribution is 6.08. The monoisotopic (exact) mass is 455 g/mol. The summed E-state index contributed by atoms with van der Waals surface area (Å²) in [6.45, 7) is 3.30. The van der Waals surface area contributed by atoms with Crippen LogP contribution in [0.3, 0.4) is 0 Å². The van der Waals surface area contributed by atoms with Crippen molar-refractivity contribution in [2.45, 2.75) is 39.4 Å². The van der Waals surface area contributed by atoms with Crippen LogP contribution in [-0.4, -0.2) is 90.4 Å². The minimum atomic E-state index is -1.15. The van der Waals surface area contributed by atoms with Gasteiger partial charge >= 0.3 is 0 Å². The number of anilines is 1. The first kappa shape index (κ1) is 27.5. The molecule has 11 nitrogen and oxygen atoms in total. The largest absolute Gasteiger partial charge is 0.394 e. The Morgan fingerprint density at radius 3 is 1.69 bits per heavy atom. The molecule has 11 heteroatoms. The molecule has 2 unspecified atom stereocenters. The summed E-state index contributed by atoms with van der Waals surface area (Å²) < 4.78 is 4.84. The summed E-state index contributed by atoms with van der Waals surface area (Å²) >= 11 is 0. The summed E-state index contributed by atoms with van der Waals surface area (Å²) in [4.78, 5) is 38.1. The van der Waals surface area contributed by atoms with Crippen LogP contribution in [0.1, 0.15) is 44.3 Å². The minimum absolute atomic E-state index is 0.156. The molecule has 0 spiro atoms. The highest BCUT2D eigenvalue weighted by Crippen LogP contribution is 2.32. The quantitative estimate of drug-likeness (QED) is 0.201. The highest BCUT2D eigenvalue weighted by atomic mass is 16.5. The van der Waals surface area contributed by atoms with E-state index < -0.39 is 43.1 Å². The van der Waals surface area contributed by atoms with E-state index in [0.29, 0.717) is 23.1 Å². The van der Waals surface area contributed by atoms with Crippen LogP contribution in [0.5, 0.6) is 0 Å². The lowest BCUT2D eigenvalue weighted by molar-refractivity contribution is -0.119. The predicted molar refractivity (Wildman–Crippen MR) is 117 cm³/mol. The number of amides is 3. The Morgan fingerprint density at radius 2 is 1.34 bits per heavy atom. The van der Waals surface area contributed by atoms with E-state index in [1.807, 2.05) is 0 Å². The molecule has 1 aromatic rings. The Bertz CT molecular complexity index is 775. The van der Waals surface area contributed by atoms with Gasteiger partial charge in [-0.05, 0) is 37.0 Å². The first-order valence-corrected chi connectivity index (χ1v) is 10.2. The van der Waals surface area contributed by atoms with Crippen LogP contribution in [0.2, 0.25) is 0 Å². The molecule has 0 aromatic heterocycles. The Balaban J connectivity index is 3.58. The van der Waals surface area contributed by atoms with Gasteiger partial charge in [-0.15, -0.1) is 0 Å². The summed E-state index contributed by atoms with van der Waals surface area (Å²) in [5.74, 6) is -1.65. The molecule has 0 heterocycles. The van der Waals surface area contributed by atoms with E-state index in [0.717, 1.165) is 0 Å². The number of carbonyl (C=O) groups is 3. The Labute approximate surface area is 186 Å². The van der Waals surface area contributed by atoms with Crippen molar-refractivity contribution in [3.8, 4) is 0 Å². The molecule has 1 aromatic carbocycles. The normalized spacial score (nSPS) is 12.8. The highest BCUT2D eigenvalue weighted by Gasteiger charge is 2.27. The van der Waals surface area contributed by atoms with E-state index >= 15 is 0 Å². The third-order valence-electron chi connectivity index (χ3n) is 4.87. The number of aliphatic hydroxyl groups excluding tert-OH is 4. The number of benzene rings is 1. The van der Waals surface area contributed by atoms with E-state index in [-0.39, 0.29) is 36.5 Å². The lowest BCUT2D eigenvalue weighted by Gasteiger charge is -2.23. The fourth-order valence-electron chi connectivity index (χ4n) is 3.30. The van der Waals surface area contributed by atoms with Gasteiger partial charge in [0.25, 0.3) is 11.8 Å². The van der Waals surface area contributed by atoms with Crippen molar-refractivity contribution >= 4 is 23.4 Å². The number of methoxy groups -OCH3 is 1. The SMILES string of the molecule is CCc1c(C(=O)NCC(O)CO)c(C)c(NC(=O)COC)c(C)c1C(=O)NCC(O)CO. The zero-order valence-electron chi connectivity index (χ0n) is 18.8. The fourth-order valence-corrected chi connectivity index (χ4v) is 3.30. The lowest BCUT2D eigenvalue weighted by atomic mass is 9.88. The van der Waals surface area contributed by atoms with Gasteiger partial charge < -0.3 is 41.1 Å². The molecule has 0 fully saturated rings. The second-order valence-electron chi connectivity index (χ2n) is 7.28. The molecule has 1 rings (SSSR count). The van der Waals surface area contributed by atoms with E-state index in [9.17, 15) is 24.6 Å². The van der Waals surface area contributed by atoms with Gasteiger partial charge in [-0.2, -0.15) is 0 Å². The maximum atomic E-state index is 13.0. The van der Waals surface area contributed by atoms with Gasteiger partial charge in [0, 0.05) is 37.0 Å². The van der Waals surface area contributed by atoms with E-state index in [1.165, 1.54) is 7.11 Å². The van der Waals surface area contributed by atoms with Gasteiger partial charge in [-0.1, -0.05) is 6.92 Å². The molecule has 2 atom stereocenters. The Kier molecular flexibility index (Phi) is 11.2. The second kappa shape index (κ2) is 13.1. The Morgan fingerprint density at radius 1 is 0.906 bits per heavy atom. The molecule has 180 valence electrons. The standard InChI is InChI=1S/C21H33N3O8/c1-5-15-17(20(30)22-6-13(27)8-25)11(2)19(24-16(29)10-32-4)12(3)18(15)21(31)23-7-14(28)9-26/h13-14,25-28H,5-10H2,1-4H3,(H,22,30)(H,23,31)(H,24,29). The van der Waals surface area contributed by atoms with Crippen LogP contribution in [-0.2, 0) is 16.0 Å². The molecule has 0 aliphatic rings. The zero-order chi connectivity index (χ0) is 24.4. The number of aliphatic hydroxyl groups is 4. The third kappa shape index (κ3) is 6.97. The Hall–Kier alpha value is -2.57. The van der Waals surface area contributed by atoms with E-state index in [4.69, 9.17) is 14.9 Å². The average Bonchev–Trinajstić information content (AvgIpc) is 2.77. The smallest absolute Gasteiger partial charge is 0.252 e. The molecular weight excluding hydrogens is 422 g/mol. The first-order chi connectivity index (χ1) is 15.1. The number of carbonyl (C=O) groups excluding carboxylic acids is 3. The van der Waals surface area contributed by atoms with Crippen LogP contribution in [0.25, 0.3) is 0 Å². The van der Waals surface area contributed by atoms with Gasteiger partial charge in [-0.3, -0.25) is 14.4 Å². The molecular formula is C21H33N3O8. The van der Waals surface area contributed by atoms with Crippen molar-refractivity contribution < 1.29 is 39.5 Å². The van der Waals surface area contributed by atoms with Crippen molar-refractivity contribution in [3.63, 3.8) is 0 Å². The number of nitrogens with one attached hydrogen (secondary N) is 3. The average molecular weight is 456 g/mol. The molecule has 3 amide bonds. The van der Waals surface area contributed by atoms with Gasteiger partial charge in [0.05, 0.1) is 25.4 Å². The number of hydrogen-bond acceptors (Lipinski definition) is 8. The maximum Gasteiger partial charge on any atom is 0.252 e. The van der Waals surface area contributed by atoms with E-state index in [2.05, 4.69) is 16.0 Å². The van der Waals surface area contributed by atoms with Crippen molar-refractivity contribution in [2.75, 3.05) is 45.3 Å². The van der Waals surface area contributed by atoms with Gasteiger partial charge in [0.2, 0.25) is 5.91 Å². The van der Waals surface area contributed by atoms with Crippen LogP contribution >= 0.6 is 0 Å². The van der Waals surface area contributed by atoms with Gasteiger partial charge in [0.1, 0.15) is 6.61 Å². The molecule has 7 N–H and O–H groups in total. The number of ether oxygens (including phenoxy) is 1. The summed E-state index contributed by atoms with van der Waals surface area (Å²) in [5.41, 5.74) is 1.84. The van der Waals surface area contributed by atoms with Crippen molar-refractivity contribution in [1.82, 2.24) is 10.6 Å². The molecule has 0 bridgehead atoms. The lowest BCUT2D eigenvalue weighted by Crippen LogP contribution is -2.37. The third-order valence-corrected chi connectivity index (χ3v) is 4.87. The van der Waals surface area contributed by atoms with Crippen molar-refractivity contribution in [2.24, 2.45) is 0 Å². The molecule has 0 saturated carbocycles. The molecule has 0 aliphatic heterocycles. The summed E-state index contributed by atoms with van der Waals surface area (Å²) in [6.07, 6.45) is -2.01. The maximum absolute atomic E-state index is 13.0. The van der Waals surface area contributed by atoms with Crippen LogP contribution in [0, 0.1) is 13.8 Å². The van der Waals surface area contributed by atoms with Gasteiger partial charge in [0.15, 0.2) is 0 Å². The molecule has 0 aliphatic carbocycles.